The lowest BCUT2D eigenvalue weighted by Gasteiger charge is -2.16. The minimum atomic E-state index is -0.377. The fraction of sp³-hybridized carbons (Fsp3) is 0.200. The number of aryl methyl sites for hydroxylation is 1. The Balaban J connectivity index is 1.71. The molecule has 1 aliphatic rings. The van der Waals surface area contributed by atoms with E-state index in [9.17, 15) is 14.0 Å². The summed E-state index contributed by atoms with van der Waals surface area (Å²) in [5, 5.41) is 2.61. The fourth-order valence-corrected chi connectivity index (χ4v) is 3.44. The summed E-state index contributed by atoms with van der Waals surface area (Å²) in [7, 11) is 3.90. The second-order valence-corrected chi connectivity index (χ2v) is 7.38. The van der Waals surface area contributed by atoms with Gasteiger partial charge in [0, 0.05) is 25.5 Å². The molecule has 140 valence electrons. The van der Waals surface area contributed by atoms with Crippen molar-refractivity contribution in [2.75, 3.05) is 31.0 Å². The summed E-state index contributed by atoms with van der Waals surface area (Å²) in [5.74, 6) is -0.735. The molecule has 1 heterocycles. The maximum absolute atomic E-state index is 13.4. The first-order valence-electron chi connectivity index (χ1n) is 8.38. The number of hydrogen-bond donors (Lipinski definition) is 1. The molecule has 2 aromatic carbocycles. The molecule has 27 heavy (non-hydrogen) atoms. The number of nitrogens with zero attached hydrogens (tertiary/aromatic N) is 2. The Labute approximate surface area is 161 Å². The number of anilines is 2. The molecular weight excluding hydrogens is 365 g/mol. The van der Waals surface area contributed by atoms with E-state index in [1.807, 2.05) is 50.2 Å². The second-order valence-electron chi connectivity index (χ2n) is 6.39. The number of amides is 2. The summed E-state index contributed by atoms with van der Waals surface area (Å²) >= 11 is 0.904. The molecule has 1 saturated heterocycles. The zero-order valence-electron chi connectivity index (χ0n) is 15.3. The van der Waals surface area contributed by atoms with Crippen LogP contribution < -0.4 is 10.2 Å². The third-order valence-electron chi connectivity index (χ3n) is 4.21. The van der Waals surface area contributed by atoms with Crippen LogP contribution >= 0.6 is 11.8 Å². The zero-order valence-corrected chi connectivity index (χ0v) is 16.1. The van der Waals surface area contributed by atoms with Crippen molar-refractivity contribution in [3.63, 3.8) is 0 Å². The van der Waals surface area contributed by atoms with Gasteiger partial charge in [0.05, 0.1) is 11.6 Å². The normalized spacial score (nSPS) is 15.6. The van der Waals surface area contributed by atoms with Crippen LogP contribution in [-0.4, -0.2) is 36.8 Å². The predicted molar refractivity (Wildman–Crippen MR) is 108 cm³/mol. The van der Waals surface area contributed by atoms with E-state index in [1.165, 1.54) is 12.1 Å². The Kier molecular flexibility index (Phi) is 5.51. The number of imide groups is 1. The molecule has 5 nitrogen and oxygen atoms in total. The van der Waals surface area contributed by atoms with Crippen molar-refractivity contribution in [1.82, 2.24) is 4.90 Å². The van der Waals surface area contributed by atoms with E-state index < -0.39 is 0 Å². The third-order valence-corrected chi connectivity index (χ3v) is 5.12. The third kappa shape index (κ3) is 4.31. The first kappa shape index (κ1) is 19.0. The fourth-order valence-electron chi connectivity index (χ4n) is 2.61. The second kappa shape index (κ2) is 7.84. The topological polar surface area (TPSA) is 52.7 Å². The summed E-state index contributed by atoms with van der Waals surface area (Å²) in [4.78, 5) is 28.2. The number of carbonyl (C=O) groups excluding carboxylic acids is 2. The van der Waals surface area contributed by atoms with Crippen LogP contribution in [0.2, 0.25) is 0 Å². The Bertz CT molecular complexity index is 910. The van der Waals surface area contributed by atoms with E-state index in [4.69, 9.17) is 0 Å². The Morgan fingerprint density at radius 1 is 1.15 bits per heavy atom. The molecule has 2 amide bonds. The average Bonchev–Trinajstić information content (AvgIpc) is 2.89. The number of nitrogens with one attached hydrogen (secondary N) is 1. The minimum Gasteiger partial charge on any atom is -0.378 e. The van der Waals surface area contributed by atoms with Crippen LogP contribution in [0, 0.1) is 12.7 Å². The van der Waals surface area contributed by atoms with Gasteiger partial charge in [-0.15, -0.1) is 0 Å². The summed E-state index contributed by atoms with van der Waals surface area (Å²) in [6.07, 6.45) is 1.71. The summed E-state index contributed by atoms with van der Waals surface area (Å²) in [6, 6.07) is 12.0. The summed E-state index contributed by atoms with van der Waals surface area (Å²) in [6.45, 7) is 1.82. The van der Waals surface area contributed by atoms with Crippen LogP contribution in [0.3, 0.4) is 0 Å². The van der Waals surface area contributed by atoms with Gasteiger partial charge in [-0.3, -0.25) is 14.5 Å². The quantitative estimate of drug-likeness (QED) is 0.778. The molecule has 7 heteroatoms. The number of rotatable bonds is 5. The van der Waals surface area contributed by atoms with E-state index in [2.05, 4.69) is 5.32 Å². The molecular formula is C20H20FN3O2S. The SMILES string of the molecule is Cc1ccc(F)cc1NCN1C(=O)S/C(=C\c2ccc(N(C)C)cc2)C1=O. The van der Waals surface area contributed by atoms with Crippen LogP contribution in [0.5, 0.6) is 0 Å². The van der Waals surface area contributed by atoms with Crippen LogP contribution in [-0.2, 0) is 4.79 Å². The molecule has 1 aliphatic heterocycles. The monoisotopic (exact) mass is 385 g/mol. The lowest BCUT2D eigenvalue weighted by molar-refractivity contribution is -0.122. The van der Waals surface area contributed by atoms with Gasteiger partial charge in [0.15, 0.2) is 0 Å². The van der Waals surface area contributed by atoms with E-state index in [-0.39, 0.29) is 23.6 Å². The first-order chi connectivity index (χ1) is 12.8. The van der Waals surface area contributed by atoms with Gasteiger partial charge >= 0.3 is 0 Å². The van der Waals surface area contributed by atoms with Crippen LogP contribution in [0.1, 0.15) is 11.1 Å². The molecule has 0 unspecified atom stereocenters. The van der Waals surface area contributed by atoms with Crippen molar-refractivity contribution >= 4 is 40.4 Å². The molecule has 2 aromatic rings. The highest BCUT2D eigenvalue weighted by Crippen LogP contribution is 2.32. The Morgan fingerprint density at radius 3 is 2.52 bits per heavy atom. The highest BCUT2D eigenvalue weighted by molar-refractivity contribution is 8.18. The number of thioether (sulfide) groups is 1. The van der Waals surface area contributed by atoms with Crippen molar-refractivity contribution in [3.8, 4) is 0 Å². The number of carbonyl (C=O) groups is 2. The zero-order chi connectivity index (χ0) is 19.6. The molecule has 0 atom stereocenters. The molecule has 0 bridgehead atoms. The number of hydrogen-bond acceptors (Lipinski definition) is 5. The summed E-state index contributed by atoms with van der Waals surface area (Å²) in [5.41, 5.74) is 3.28. The van der Waals surface area contributed by atoms with E-state index >= 15 is 0 Å². The molecule has 3 rings (SSSR count). The van der Waals surface area contributed by atoms with Crippen molar-refractivity contribution in [3.05, 3.63) is 64.3 Å². The number of halogens is 1. The smallest absolute Gasteiger partial charge is 0.295 e. The van der Waals surface area contributed by atoms with Crippen LogP contribution in [0.25, 0.3) is 6.08 Å². The highest BCUT2D eigenvalue weighted by Gasteiger charge is 2.34. The molecule has 0 spiro atoms. The van der Waals surface area contributed by atoms with E-state index in [1.54, 1.807) is 12.1 Å². The summed E-state index contributed by atoms with van der Waals surface area (Å²) < 4.78 is 13.4. The van der Waals surface area contributed by atoms with Crippen LogP contribution in [0.15, 0.2) is 47.4 Å². The van der Waals surface area contributed by atoms with Crippen LogP contribution in [0.4, 0.5) is 20.6 Å². The minimum absolute atomic E-state index is 0.00807. The molecule has 0 aromatic heterocycles. The Hall–Kier alpha value is -2.80. The molecule has 1 fully saturated rings. The highest BCUT2D eigenvalue weighted by atomic mass is 32.2. The predicted octanol–water partition coefficient (Wildman–Crippen LogP) is 4.31. The number of benzene rings is 2. The van der Waals surface area contributed by atoms with Gasteiger partial charge in [-0.2, -0.15) is 0 Å². The van der Waals surface area contributed by atoms with Gasteiger partial charge in [-0.05, 0) is 60.2 Å². The maximum atomic E-state index is 13.4. The molecule has 1 N–H and O–H groups in total. The molecule has 0 radical (unpaired) electrons. The first-order valence-corrected chi connectivity index (χ1v) is 9.19. The standard InChI is InChI=1S/C20H20FN3O2S/c1-13-4-7-15(21)11-17(13)22-12-24-19(25)18(27-20(24)26)10-14-5-8-16(9-6-14)23(2)3/h4-11,22H,12H2,1-3H3/b18-10-. The van der Waals surface area contributed by atoms with Gasteiger partial charge in [0.2, 0.25) is 0 Å². The van der Waals surface area contributed by atoms with Crippen molar-refractivity contribution in [1.29, 1.82) is 0 Å². The largest absolute Gasteiger partial charge is 0.378 e. The molecule has 0 aliphatic carbocycles. The maximum Gasteiger partial charge on any atom is 0.295 e. The van der Waals surface area contributed by atoms with E-state index in [0.29, 0.717) is 10.6 Å². The van der Waals surface area contributed by atoms with Gasteiger partial charge in [0.1, 0.15) is 5.82 Å². The van der Waals surface area contributed by atoms with Gasteiger partial charge < -0.3 is 10.2 Å². The van der Waals surface area contributed by atoms with Crippen molar-refractivity contribution < 1.29 is 14.0 Å². The van der Waals surface area contributed by atoms with Crippen molar-refractivity contribution in [2.45, 2.75) is 6.92 Å². The molecule has 0 saturated carbocycles. The lowest BCUT2D eigenvalue weighted by Crippen LogP contribution is -2.33. The van der Waals surface area contributed by atoms with E-state index in [0.717, 1.165) is 33.5 Å². The van der Waals surface area contributed by atoms with Crippen molar-refractivity contribution in [2.24, 2.45) is 0 Å². The van der Waals surface area contributed by atoms with Gasteiger partial charge in [0.25, 0.3) is 11.1 Å². The Morgan fingerprint density at radius 2 is 1.85 bits per heavy atom. The average molecular weight is 385 g/mol. The van der Waals surface area contributed by atoms with Gasteiger partial charge in [-0.1, -0.05) is 18.2 Å². The lowest BCUT2D eigenvalue weighted by atomic mass is 10.2. The van der Waals surface area contributed by atoms with Gasteiger partial charge in [-0.25, -0.2) is 4.39 Å².